The summed E-state index contributed by atoms with van der Waals surface area (Å²) in [6.45, 7) is 7.37. The third-order valence-corrected chi connectivity index (χ3v) is 5.77. The van der Waals surface area contributed by atoms with Gasteiger partial charge < -0.3 is 14.2 Å². The molecule has 0 spiro atoms. The van der Waals surface area contributed by atoms with Gasteiger partial charge in [-0.15, -0.1) is 0 Å². The van der Waals surface area contributed by atoms with Gasteiger partial charge in [-0.2, -0.15) is 0 Å². The smallest absolute Gasteiger partial charge is 0.197 e. The van der Waals surface area contributed by atoms with Crippen molar-refractivity contribution in [3.05, 3.63) is 59.7 Å². The van der Waals surface area contributed by atoms with E-state index in [1.54, 1.807) is 0 Å². The number of hydrogen-bond acceptors (Lipinski definition) is 3. The minimum Gasteiger partial charge on any atom is -0.491 e. The maximum absolute atomic E-state index is 5.83. The van der Waals surface area contributed by atoms with Crippen LogP contribution in [0.25, 0.3) is 0 Å². The number of rotatable bonds is 10. The fourth-order valence-corrected chi connectivity index (χ4v) is 3.81. The molecule has 1 aliphatic rings. The predicted molar refractivity (Wildman–Crippen MR) is 114 cm³/mol. The molecular formula is C25H34O3. The largest absolute Gasteiger partial charge is 0.491 e. The van der Waals surface area contributed by atoms with Gasteiger partial charge in [-0.05, 0) is 73.4 Å². The monoisotopic (exact) mass is 382 g/mol. The van der Waals surface area contributed by atoms with E-state index >= 15 is 0 Å². The average Bonchev–Trinajstić information content (AvgIpc) is 3.26. The molecule has 0 aromatic heterocycles. The first kappa shape index (κ1) is 20.7. The Balaban J connectivity index is 1.35. The number of benzene rings is 2. The molecule has 0 radical (unpaired) electrons. The molecule has 3 nitrogen and oxygen atoms in total. The van der Waals surface area contributed by atoms with Crippen LogP contribution in [0.15, 0.2) is 48.5 Å². The van der Waals surface area contributed by atoms with Crippen LogP contribution in [-0.2, 0) is 4.74 Å². The molecule has 2 aromatic rings. The molecule has 0 heterocycles. The molecule has 0 amide bonds. The molecule has 2 atom stereocenters. The van der Waals surface area contributed by atoms with E-state index in [2.05, 4.69) is 50.2 Å². The van der Waals surface area contributed by atoms with E-state index in [0.29, 0.717) is 19.1 Å². The Morgan fingerprint density at radius 2 is 1.50 bits per heavy atom. The summed E-state index contributed by atoms with van der Waals surface area (Å²) < 4.78 is 17.4. The molecule has 1 saturated carbocycles. The second-order valence-corrected chi connectivity index (χ2v) is 7.83. The lowest BCUT2D eigenvalue weighted by atomic mass is 9.98. The lowest BCUT2D eigenvalue weighted by Crippen LogP contribution is -2.19. The van der Waals surface area contributed by atoms with Gasteiger partial charge in [-0.1, -0.05) is 51.0 Å². The highest BCUT2D eigenvalue weighted by Crippen LogP contribution is 2.34. The van der Waals surface area contributed by atoms with Gasteiger partial charge >= 0.3 is 0 Å². The Hall–Kier alpha value is -2.00. The van der Waals surface area contributed by atoms with Gasteiger partial charge in [-0.25, -0.2) is 0 Å². The molecular weight excluding hydrogens is 348 g/mol. The zero-order chi connectivity index (χ0) is 19.8. The SMILES string of the molecule is CCC(C)c1ccc(OC(C)OCCOc2ccc(C3CCCC3)cc2)cc1. The maximum Gasteiger partial charge on any atom is 0.197 e. The second-order valence-electron chi connectivity index (χ2n) is 7.83. The minimum atomic E-state index is -0.303. The van der Waals surface area contributed by atoms with Gasteiger partial charge in [0.25, 0.3) is 0 Å². The van der Waals surface area contributed by atoms with E-state index in [1.807, 2.05) is 19.1 Å². The van der Waals surface area contributed by atoms with E-state index in [-0.39, 0.29) is 6.29 Å². The third-order valence-electron chi connectivity index (χ3n) is 5.77. The molecule has 0 aliphatic heterocycles. The normalized spacial score (nSPS) is 16.7. The van der Waals surface area contributed by atoms with Gasteiger partial charge in [0.15, 0.2) is 6.29 Å². The summed E-state index contributed by atoms with van der Waals surface area (Å²) in [4.78, 5) is 0. The Labute approximate surface area is 170 Å². The zero-order valence-electron chi connectivity index (χ0n) is 17.5. The standard InChI is InChI=1S/C25H34O3/c1-4-19(2)21-9-15-25(16-10-21)28-20(3)26-17-18-27-24-13-11-23(12-14-24)22-7-5-6-8-22/h9-16,19-20,22H,4-8,17-18H2,1-3H3. The number of ether oxygens (including phenoxy) is 3. The van der Waals surface area contributed by atoms with Crippen molar-refractivity contribution in [3.63, 3.8) is 0 Å². The molecule has 0 saturated heterocycles. The molecule has 2 aromatic carbocycles. The first-order valence-electron chi connectivity index (χ1n) is 10.8. The van der Waals surface area contributed by atoms with Gasteiger partial charge in [0.1, 0.15) is 18.1 Å². The van der Waals surface area contributed by atoms with E-state index in [0.717, 1.165) is 23.8 Å². The van der Waals surface area contributed by atoms with Crippen LogP contribution < -0.4 is 9.47 Å². The topological polar surface area (TPSA) is 27.7 Å². The highest BCUT2D eigenvalue weighted by atomic mass is 16.7. The summed E-state index contributed by atoms with van der Waals surface area (Å²) in [6, 6.07) is 16.9. The van der Waals surface area contributed by atoms with Crippen molar-refractivity contribution >= 4 is 0 Å². The number of hydrogen-bond donors (Lipinski definition) is 0. The van der Waals surface area contributed by atoms with Gasteiger partial charge in [0, 0.05) is 0 Å². The molecule has 28 heavy (non-hydrogen) atoms. The molecule has 3 rings (SSSR count). The summed E-state index contributed by atoms with van der Waals surface area (Å²) in [5.41, 5.74) is 2.79. The van der Waals surface area contributed by atoms with Crippen LogP contribution in [0.5, 0.6) is 11.5 Å². The van der Waals surface area contributed by atoms with Gasteiger partial charge in [0.05, 0.1) is 6.61 Å². The van der Waals surface area contributed by atoms with Crippen LogP contribution in [0.4, 0.5) is 0 Å². The van der Waals surface area contributed by atoms with Crippen molar-refractivity contribution in [3.8, 4) is 11.5 Å². The van der Waals surface area contributed by atoms with Crippen molar-refractivity contribution in [2.24, 2.45) is 0 Å². The summed E-state index contributed by atoms with van der Waals surface area (Å²) in [5.74, 6) is 3.06. The Morgan fingerprint density at radius 1 is 0.857 bits per heavy atom. The van der Waals surface area contributed by atoms with Crippen molar-refractivity contribution in [2.45, 2.75) is 71.0 Å². The van der Waals surface area contributed by atoms with Crippen LogP contribution in [0, 0.1) is 0 Å². The second kappa shape index (κ2) is 10.5. The predicted octanol–water partition coefficient (Wildman–Crippen LogP) is 6.68. The summed E-state index contributed by atoms with van der Waals surface area (Å²) >= 11 is 0. The fraction of sp³-hybridized carbons (Fsp3) is 0.520. The summed E-state index contributed by atoms with van der Waals surface area (Å²) in [5, 5.41) is 0. The Morgan fingerprint density at radius 3 is 2.14 bits per heavy atom. The van der Waals surface area contributed by atoms with Crippen LogP contribution >= 0.6 is 0 Å². The van der Waals surface area contributed by atoms with Gasteiger partial charge in [-0.3, -0.25) is 0 Å². The van der Waals surface area contributed by atoms with Crippen molar-refractivity contribution < 1.29 is 14.2 Å². The highest BCUT2D eigenvalue weighted by Gasteiger charge is 2.16. The summed E-state index contributed by atoms with van der Waals surface area (Å²) in [6.07, 6.45) is 6.22. The average molecular weight is 383 g/mol. The molecule has 1 fully saturated rings. The Kier molecular flexibility index (Phi) is 7.79. The molecule has 3 heteroatoms. The maximum atomic E-state index is 5.83. The van der Waals surface area contributed by atoms with Gasteiger partial charge in [0.2, 0.25) is 0 Å². The zero-order valence-corrected chi connectivity index (χ0v) is 17.5. The van der Waals surface area contributed by atoms with Crippen molar-refractivity contribution in [1.29, 1.82) is 0 Å². The minimum absolute atomic E-state index is 0.303. The van der Waals surface area contributed by atoms with Crippen molar-refractivity contribution in [1.82, 2.24) is 0 Å². The van der Waals surface area contributed by atoms with E-state index in [9.17, 15) is 0 Å². The fourth-order valence-electron chi connectivity index (χ4n) is 3.81. The molecule has 0 bridgehead atoms. The van der Waals surface area contributed by atoms with Crippen molar-refractivity contribution in [2.75, 3.05) is 13.2 Å². The lowest BCUT2D eigenvalue weighted by molar-refractivity contribution is -0.0739. The molecule has 2 unspecified atom stereocenters. The van der Waals surface area contributed by atoms with E-state index in [1.165, 1.54) is 36.8 Å². The lowest BCUT2D eigenvalue weighted by Gasteiger charge is -2.17. The molecule has 1 aliphatic carbocycles. The van der Waals surface area contributed by atoms with Crippen LogP contribution in [-0.4, -0.2) is 19.5 Å². The molecule has 152 valence electrons. The third kappa shape index (κ3) is 6.00. The first-order valence-corrected chi connectivity index (χ1v) is 10.8. The Bertz CT molecular complexity index is 687. The first-order chi connectivity index (χ1) is 13.7. The highest BCUT2D eigenvalue weighted by molar-refractivity contribution is 5.30. The summed E-state index contributed by atoms with van der Waals surface area (Å²) in [7, 11) is 0. The van der Waals surface area contributed by atoms with Crippen LogP contribution in [0.1, 0.15) is 75.8 Å². The van der Waals surface area contributed by atoms with E-state index < -0.39 is 0 Å². The van der Waals surface area contributed by atoms with Crippen LogP contribution in [0.2, 0.25) is 0 Å². The molecule has 0 N–H and O–H groups in total. The quantitative estimate of drug-likeness (QED) is 0.339. The van der Waals surface area contributed by atoms with E-state index in [4.69, 9.17) is 14.2 Å². The van der Waals surface area contributed by atoms with Crippen LogP contribution in [0.3, 0.4) is 0 Å².